The van der Waals surface area contributed by atoms with Gasteiger partial charge in [0.25, 0.3) is 0 Å². The van der Waals surface area contributed by atoms with E-state index in [0.717, 1.165) is 16.9 Å². The molecule has 0 radical (unpaired) electrons. The summed E-state index contributed by atoms with van der Waals surface area (Å²) in [6.45, 7) is 0.578. The van der Waals surface area contributed by atoms with Crippen molar-refractivity contribution in [3.05, 3.63) is 58.6 Å². The van der Waals surface area contributed by atoms with Crippen LogP contribution in [0.4, 0.5) is 11.4 Å². The van der Waals surface area contributed by atoms with Crippen LogP contribution < -0.4 is 16.0 Å². The van der Waals surface area contributed by atoms with Crippen molar-refractivity contribution in [2.75, 3.05) is 24.3 Å². The lowest BCUT2D eigenvalue weighted by atomic mass is 10.1. The monoisotopic (exact) mass is 303 g/mol. The van der Waals surface area contributed by atoms with E-state index in [-0.39, 0.29) is 0 Å². The average Bonchev–Trinajstić information content (AvgIpc) is 2.46. The third-order valence-corrected chi connectivity index (χ3v) is 3.53. The second-order valence-corrected chi connectivity index (χ2v) is 5.38. The van der Waals surface area contributed by atoms with E-state index in [1.54, 1.807) is 12.1 Å². The molecule has 3 N–H and O–H groups in total. The number of amides is 1. The number of benzene rings is 2. The van der Waals surface area contributed by atoms with Gasteiger partial charge in [-0.3, -0.25) is 4.79 Å². The standard InChI is InChI=1S/C16H18ClN3O/c1-20(2)14-5-3-4-13(9-14)19-10-12-7-6-11(16(18)21)8-15(12)17/h3-9,19H,10H2,1-2H3,(H2,18,21). The Hall–Kier alpha value is -2.20. The minimum Gasteiger partial charge on any atom is -0.381 e. The Kier molecular flexibility index (Phi) is 4.70. The molecule has 0 aliphatic rings. The van der Waals surface area contributed by atoms with Crippen LogP contribution >= 0.6 is 11.6 Å². The number of carbonyl (C=O) groups is 1. The number of anilines is 2. The molecule has 21 heavy (non-hydrogen) atoms. The summed E-state index contributed by atoms with van der Waals surface area (Å²) in [5.41, 5.74) is 8.68. The molecule has 0 aliphatic heterocycles. The molecule has 0 atom stereocenters. The molecule has 0 spiro atoms. The van der Waals surface area contributed by atoms with Gasteiger partial charge in [-0.25, -0.2) is 0 Å². The second-order valence-electron chi connectivity index (χ2n) is 4.97. The maximum atomic E-state index is 11.1. The van der Waals surface area contributed by atoms with E-state index in [2.05, 4.69) is 11.4 Å². The molecule has 0 bridgehead atoms. The minimum atomic E-state index is -0.477. The van der Waals surface area contributed by atoms with E-state index < -0.39 is 5.91 Å². The van der Waals surface area contributed by atoms with Crippen LogP contribution in [-0.4, -0.2) is 20.0 Å². The Morgan fingerprint density at radius 1 is 1.24 bits per heavy atom. The highest BCUT2D eigenvalue weighted by molar-refractivity contribution is 6.31. The maximum absolute atomic E-state index is 11.1. The van der Waals surface area contributed by atoms with E-state index in [1.165, 1.54) is 0 Å². The van der Waals surface area contributed by atoms with Crippen LogP contribution in [-0.2, 0) is 6.54 Å². The topological polar surface area (TPSA) is 58.4 Å². The Balaban J connectivity index is 2.09. The highest BCUT2D eigenvalue weighted by atomic mass is 35.5. The van der Waals surface area contributed by atoms with Gasteiger partial charge in [-0.05, 0) is 35.9 Å². The van der Waals surface area contributed by atoms with Crippen molar-refractivity contribution in [2.24, 2.45) is 5.73 Å². The smallest absolute Gasteiger partial charge is 0.248 e. The Bertz CT molecular complexity index is 656. The Labute approximate surface area is 129 Å². The van der Waals surface area contributed by atoms with E-state index >= 15 is 0 Å². The lowest BCUT2D eigenvalue weighted by Crippen LogP contribution is -2.11. The quantitative estimate of drug-likeness (QED) is 0.892. The number of halogens is 1. The molecule has 0 heterocycles. The summed E-state index contributed by atoms with van der Waals surface area (Å²) < 4.78 is 0. The van der Waals surface area contributed by atoms with E-state index in [1.807, 2.05) is 43.3 Å². The Morgan fingerprint density at radius 2 is 2.00 bits per heavy atom. The van der Waals surface area contributed by atoms with Crippen LogP contribution in [0.3, 0.4) is 0 Å². The van der Waals surface area contributed by atoms with E-state index in [0.29, 0.717) is 17.1 Å². The first-order valence-corrected chi connectivity index (χ1v) is 6.94. The minimum absolute atomic E-state index is 0.415. The molecule has 2 aromatic carbocycles. The normalized spacial score (nSPS) is 10.2. The highest BCUT2D eigenvalue weighted by Gasteiger charge is 2.06. The predicted octanol–water partition coefficient (Wildman–Crippen LogP) is 3.12. The first kappa shape index (κ1) is 15.2. The number of hydrogen-bond donors (Lipinski definition) is 2. The molecule has 0 aromatic heterocycles. The zero-order valence-corrected chi connectivity index (χ0v) is 12.8. The van der Waals surface area contributed by atoms with Crippen molar-refractivity contribution in [3.63, 3.8) is 0 Å². The fraction of sp³-hybridized carbons (Fsp3) is 0.188. The SMILES string of the molecule is CN(C)c1cccc(NCc2ccc(C(N)=O)cc2Cl)c1. The zero-order chi connectivity index (χ0) is 15.4. The number of primary amides is 1. The van der Waals surface area contributed by atoms with Crippen molar-refractivity contribution in [1.82, 2.24) is 0 Å². The molecule has 2 rings (SSSR count). The highest BCUT2D eigenvalue weighted by Crippen LogP contribution is 2.21. The second kappa shape index (κ2) is 6.50. The maximum Gasteiger partial charge on any atom is 0.248 e. The molecule has 0 saturated carbocycles. The molecule has 0 unspecified atom stereocenters. The third kappa shape index (κ3) is 3.89. The van der Waals surface area contributed by atoms with Crippen molar-refractivity contribution >= 4 is 28.9 Å². The summed E-state index contributed by atoms with van der Waals surface area (Å²) >= 11 is 6.17. The van der Waals surface area contributed by atoms with Gasteiger partial charge in [0.2, 0.25) is 5.91 Å². The summed E-state index contributed by atoms with van der Waals surface area (Å²) in [6.07, 6.45) is 0. The molecule has 1 amide bonds. The molecular weight excluding hydrogens is 286 g/mol. The molecule has 4 nitrogen and oxygen atoms in total. The van der Waals surface area contributed by atoms with Crippen molar-refractivity contribution in [2.45, 2.75) is 6.54 Å². The lowest BCUT2D eigenvalue weighted by Gasteiger charge is -2.15. The molecule has 0 saturated heterocycles. The van der Waals surface area contributed by atoms with Gasteiger partial charge >= 0.3 is 0 Å². The zero-order valence-electron chi connectivity index (χ0n) is 12.1. The number of rotatable bonds is 5. The van der Waals surface area contributed by atoms with Gasteiger partial charge in [-0.2, -0.15) is 0 Å². The van der Waals surface area contributed by atoms with Crippen molar-refractivity contribution < 1.29 is 4.79 Å². The molecule has 0 fully saturated rings. The van der Waals surface area contributed by atoms with Crippen molar-refractivity contribution in [1.29, 1.82) is 0 Å². The molecule has 110 valence electrons. The van der Waals surface area contributed by atoms with Gasteiger partial charge in [-0.1, -0.05) is 23.7 Å². The lowest BCUT2D eigenvalue weighted by molar-refractivity contribution is 0.100. The first-order chi connectivity index (χ1) is 9.97. The first-order valence-electron chi connectivity index (χ1n) is 6.57. The number of carbonyl (C=O) groups excluding carboxylic acids is 1. The van der Waals surface area contributed by atoms with Gasteiger partial charge in [-0.15, -0.1) is 0 Å². The molecule has 5 heteroatoms. The fourth-order valence-corrected chi connectivity index (χ4v) is 2.18. The van der Waals surface area contributed by atoms with Gasteiger partial charge < -0.3 is 16.0 Å². The number of hydrogen-bond acceptors (Lipinski definition) is 3. The van der Waals surface area contributed by atoms with E-state index in [4.69, 9.17) is 17.3 Å². The van der Waals surface area contributed by atoms with Crippen LogP contribution in [0.25, 0.3) is 0 Å². The summed E-state index contributed by atoms with van der Waals surface area (Å²) in [7, 11) is 4.00. The molecular formula is C16H18ClN3O. The summed E-state index contributed by atoms with van der Waals surface area (Å²) in [6, 6.07) is 13.2. The van der Waals surface area contributed by atoms with Crippen LogP contribution in [0.2, 0.25) is 5.02 Å². The van der Waals surface area contributed by atoms with Crippen LogP contribution in [0, 0.1) is 0 Å². The Morgan fingerprint density at radius 3 is 2.62 bits per heavy atom. The van der Waals surface area contributed by atoms with E-state index in [9.17, 15) is 4.79 Å². The van der Waals surface area contributed by atoms with Crippen LogP contribution in [0.5, 0.6) is 0 Å². The number of nitrogens with zero attached hydrogens (tertiary/aromatic N) is 1. The van der Waals surface area contributed by atoms with Gasteiger partial charge in [0, 0.05) is 42.6 Å². The number of nitrogens with one attached hydrogen (secondary N) is 1. The largest absolute Gasteiger partial charge is 0.381 e. The average molecular weight is 304 g/mol. The summed E-state index contributed by atoms with van der Waals surface area (Å²) in [5.74, 6) is -0.477. The van der Waals surface area contributed by atoms with Crippen LogP contribution in [0.1, 0.15) is 15.9 Å². The van der Waals surface area contributed by atoms with Crippen LogP contribution in [0.15, 0.2) is 42.5 Å². The van der Waals surface area contributed by atoms with Gasteiger partial charge in [0.05, 0.1) is 0 Å². The van der Waals surface area contributed by atoms with Crippen molar-refractivity contribution in [3.8, 4) is 0 Å². The predicted molar refractivity (Wildman–Crippen MR) is 88.1 cm³/mol. The summed E-state index contributed by atoms with van der Waals surface area (Å²) in [4.78, 5) is 13.1. The fourth-order valence-electron chi connectivity index (χ4n) is 1.94. The van der Waals surface area contributed by atoms with Gasteiger partial charge in [0.1, 0.15) is 0 Å². The molecule has 2 aromatic rings. The number of nitrogens with two attached hydrogens (primary N) is 1. The third-order valence-electron chi connectivity index (χ3n) is 3.18. The van der Waals surface area contributed by atoms with Gasteiger partial charge in [0.15, 0.2) is 0 Å². The molecule has 0 aliphatic carbocycles. The summed E-state index contributed by atoms with van der Waals surface area (Å²) in [5, 5.41) is 3.85.